The molecule has 200 valence electrons. The van der Waals surface area contributed by atoms with E-state index in [0.717, 1.165) is 10.4 Å². The lowest BCUT2D eigenvalue weighted by molar-refractivity contribution is -0.254. The Balaban J connectivity index is 2.06. The smallest absolute Gasteiger partial charge is 0.303 e. The quantitative estimate of drug-likeness (QED) is 0.334. The summed E-state index contributed by atoms with van der Waals surface area (Å²) in [7, 11) is 0. The van der Waals surface area contributed by atoms with Gasteiger partial charge in [-0.25, -0.2) is 0 Å². The van der Waals surface area contributed by atoms with Crippen LogP contribution in [0.5, 0.6) is 0 Å². The number of thiophene rings is 1. The van der Waals surface area contributed by atoms with E-state index in [4.69, 9.17) is 46.9 Å². The summed E-state index contributed by atoms with van der Waals surface area (Å²) in [6.07, 6.45) is -5.20. The number of rotatable bonds is 8. The molecule has 1 aromatic heterocycles. The maximum atomic E-state index is 12.1. The fourth-order valence-electron chi connectivity index (χ4n) is 4.04. The van der Waals surface area contributed by atoms with Gasteiger partial charge in [-0.3, -0.25) is 19.2 Å². The number of halogens is 2. The van der Waals surface area contributed by atoms with Crippen LogP contribution in [0.4, 0.5) is 0 Å². The zero-order valence-electron chi connectivity index (χ0n) is 20.5. The van der Waals surface area contributed by atoms with Gasteiger partial charge in [-0.2, -0.15) is 0 Å². The topological polar surface area (TPSA) is 114 Å². The standard InChI is InChI=1S/C25H26Cl2O9S/c1-12(28)32-11-20-23(33-13(2)29)25(35-15(4)31)24(34-14(3)30)22(36-20)16-5-7-19(26)17(9-16)10-18-6-8-21(27)37-18/h5-9,20,22-25H,10-11H2,1-4H3/t20-,22+,23-,24+,25+/m1/s1. The Kier molecular flexibility index (Phi) is 9.94. The van der Waals surface area contributed by atoms with Crippen LogP contribution in [0.25, 0.3) is 0 Å². The van der Waals surface area contributed by atoms with Crippen LogP contribution < -0.4 is 0 Å². The summed E-state index contributed by atoms with van der Waals surface area (Å²) in [5.41, 5.74) is 1.31. The molecule has 1 aromatic carbocycles. The Hall–Kier alpha value is -2.66. The number of benzene rings is 1. The molecular formula is C25H26Cl2O9S. The Morgan fingerprint density at radius 1 is 0.838 bits per heavy atom. The van der Waals surface area contributed by atoms with E-state index in [1.807, 2.05) is 6.07 Å². The van der Waals surface area contributed by atoms with Gasteiger partial charge in [0, 0.05) is 44.0 Å². The molecule has 0 radical (unpaired) electrons. The number of hydrogen-bond acceptors (Lipinski definition) is 10. The molecule has 0 aliphatic carbocycles. The molecule has 0 bridgehead atoms. The van der Waals surface area contributed by atoms with Gasteiger partial charge in [0.05, 0.1) is 4.34 Å². The lowest BCUT2D eigenvalue weighted by atomic mass is 9.89. The van der Waals surface area contributed by atoms with Gasteiger partial charge in [0.25, 0.3) is 0 Å². The molecule has 0 unspecified atom stereocenters. The second-order valence-electron chi connectivity index (χ2n) is 8.35. The first-order valence-corrected chi connectivity index (χ1v) is 12.8. The zero-order valence-corrected chi connectivity index (χ0v) is 22.9. The highest BCUT2D eigenvalue weighted by molar-refractivity contribution is 7.16. The first kappa shape index (κ1) is 28.9. The van der Waals surface area contributed by atoms with Gasteiger partial charge in [-0.05, 0) is 29.3 Å². The van der Waals surface area contributed by atoms with Crippen molar-refractivity contribution >= 4 is 58.4 Å². The maximum absolute atomic E-state index is 12.1. The third-order valence-electron chi connectivity index (χ3n) is 5.38. The van der Waals surface area contributed by atoms with Crippen molar-refractivity contribution in [2.75, 3.05) is 6.61 Å². The van der Waals surface area contributed by atoms with E-state index >= 15 is 0 Å². The van der Waals surface area contributed by atoms with Gasteiger partial charge < -0.3 is 23.7 Å². The van der Waals surface area contributed by atoms with Gasteiger partial charge >= 0.3 is 23.9 Å². The van der Waals surface area contributed by atoms with Crippen molar-refractivity contribution in [3.05, 3.63) is 55.7 Å². The highest BCUT2D eigenvalue weighted by atomic mass is 35.5. The average Bonchev–Trinajstić information content (AvgIpc) is 3.20. The van der Waals surface area contributed by atoms with Crippen LogP contribution in [0, 0.1) is 0 Å². The van der Waals surface area contributed by atoms with Gasteiger partial charge in [-0.15, -0.1) is 11.3 Å². The molecule has 0 saturated carbocycles. The molecule has 37 heavy (non-hydrogen) atoms. The number of hydrogen-bond donors (Lipinski definition) is 0. The Morgan fingerprint density at radius 3 is 2.03 bits per heavy atom. The van der Waals surface area contributed by atoms with Crippen LogP contribution in [0.3, 0.4) is 0 Å². The summed E-state index contributed by atoms with van der Waals surface area (Å²) in [4.78, 5) is 48.5. The van der Waals surface area contributed by atoms with E-state index in [-0.39, 0.29) is 6.61 Å². The van der Waals surface area contributed by atoms with Gasteiger partial charge in [0.15, 0.2) is 18.3 Å². The first-order chi connectivity index (χ1) is 17.4. The monoisotopic (exact) mass is 572 g/mol. The number of ether oxygens (including phenoxy) is 5. The molecule has 0 amide bonds. The van der Waals surface area contributed by atoms with Crippen molar-refractivity contribution in [1.29, 1.82) is 0 Å². The van der Waals surface area contributed by atoms with Crippen LogP contribution in [-0.2, 0) is 49.3 Å². The average molecular weight is 573 g/mol. The highest BCUT2D eigenvalue weighted by Crippen LogP contribution is 2.39. The van der Waals surface area contributed by atoms with Crippen molar-refractivity contribution < 1.29 is 42.9 Å². The van der Waals surface area contributed by atoms with Gasteiger partial charge in [0.1, 0.15) is 18.8 Å². The number of carbonyl (C=O) groups excluding carboxylic acids is 4. The lowest BCUT2D eigenvalue weighted by Crippen LogP contribution is -2.59. The van der Waals surface area contributed by atoms with E-state index in [1.54, 1.807) is 24.3 Å². The largest absolute Gasteiger partial charge is 0.463 e. The van der Waals surface area contributed by atoms with Crippen molar-refractivity contribution in [3.63, 3.8) is 0 Å². The third-order valence-corrected chi connectivity index (χ3v) is 6.98. The molecule has 2 heterocycles. The molecule has 1 aliphatic rings. The summed E-state index contributed by atoms with van der Waals surface area (Å²) < 4.78 is 28.5. The SMILES string of the molecule is CC(=O)OC[C@H]1O[C@@H](c2ccc(Cl)c(Cc3ccc(Cl)s3)c2)[C@H](OC(C)=O)[C@@H](OC(C)=O)[C@@H]1OC(C)=O. The molecule has 3 rings (SSSR count). The molecule has 5 atom stereocenters. The zero-order chi connectivity index (χ0) is 27.3. The summed E-state index contributed by atoms with van der Waals surface area (Å²) in [5.74, 6) is -2.64. The Morgan fingerprint density at radius 2 is 1.46 bits per heavy atom. The van der Waals surface area contributed by atoms with Crippen LogP contribution in [0.2, 0.25) is 9.36 Å². The van der Waals surface area contributed by atoms with E-state index in [9.17, 15) is 19.2 Å². The summed E-state index contributed by atoms with van der Waals surface area (Å²) in [6.45, 7) is 4.45. The molecule has 12 heteroatoms. The molecule has 0 N–H and O–H groups in total. The molecule has 9 nitrogen and oxygen atoms in total. The van der Waals surface area contributed by atoms with Gasteiger partial charge in [-0.1, -0.05) is 35.3 Å². The van der Waals surface area contributed by atoms with E-state index in [1.165, 1.54) is 39.0 Å². The fraction of sp³-hybridized carbons (Fsp3) is 0.440. The van der Waals surface area contributed by atoms with Crippen LogP contribution in [0.1, 0.15) is 49.8 Å². The number of esters is 4. The van der Waals surface area contributed by atoms with Crippen molar-refractivity contribution in [2.24, 2.45) is 0 Å². The first-order valence-electron chi connectivity index (χ1n) is 11.3. The van der Waals surface area contributed by atoms with Crippen LogP contribution >= 0.6 is 34.5 Å². The van der Waals surface area contributed by atoms with E-state index in [0.29, 0.717) is 21.3 Å². The molecular weight excluding hydrogens is 547 g/mol. The predicted octanol–water partition coefficient (Wildman–Crippen LogP) is 4.44. The predicted molar refractivity (Wildman–Crippen MR) is 134 cm³/mol. The van der Waals surface area contributed by atoms with Gasteiger partial charge in [0.2, 0.25) is 0 Å². The molecule has 2 aromatic rings. The second kappa shape index (κ2) is 12.7. The molecule has 1 saturated heterocycles. The lowest BCUT2D eigenvalue weighted by Gasteiger charge is -2.44. The number of carbonyl (C=O) groups is 4. The summed E-state index contributed by atoms with van der Waals surface area (Å²) in [6, 6.07) is 8.84. The van der Waals surface area contributed by atoms with Crippen molar-refractivity contribution in [3.8, 4) is 0 Å². The molecule has 1 aliphatic heterocycles. The normalized spacial score (nSPS) is 23.1. The minimum Gasteiger partial charge on any atom is -0.463 e. The third kappa shape index (κ3) is 7.91. The highest BCUT2D eigenvalue weighted by Gasteiger charge is 2.52. The van der Waals surface area contributed by atoms with Crippen molar-refractivity contribution in [1.82, 2.24) is 0 Å². The Labute approximate surface area is 227 Å². The maximum Gasteiger partial charge on any atom is 0.303 e. The van der Waals surface area contributed by atoms with Crippen LogP contribution in [-0.4, -0.2) is 54.9 Å². The summed E-state index contributed by atoms with van der Waals surface area (Å²) in [5, 5.41) is 0.499. The molecule has 0 spiro atoms. The van der Waals surface area contributed by atoms with Crippen molar-refractivity contribution in [2.45, 2.75) is 64.6 Å². The Bertz CT molecular complexity index is 1160. The minimum absolute atomic E-state index is 0.303. The van der Waals surface area contributed by atoms with E-state index in [2.05, 4.69) is 0 Å². The van der Waals surface area contributed by atoms with E-state index < -0.39 is 54.4 Å². The second-order valence-corrected chi connectivity index (χ2v) is 10.6. The fourth-order valence-corrected chi connectivity index (χ4v) is 5.33. The van der Waals surface area contributed by atoms with Crippen LogP contribution in [0.15, 0.2) is 30.3 Å². The molecule has 1 fully saturated rings. The minimum atomic E-state index is -1.25. The summed E-state index contributed by atoms with van der Waals surface area (Å²) >= 11 is 13.9.